The first-order valence-corrected chi connectivity index (χ1v) is 58.2. The number of amides is 5. The van der Waals surface area contributed by atoms with Crippen LogP contribution in [0.3, 0.4) is 0 Å². The Bertz CT molecular complexity index is 2730. The molecule has 0 saturated heterocycles. The SMILES string of the molecule is CC(=O)C(CCCC(=O)NO)C(C)=O.CC(=O)C(CCCC(=O)O)C(C)=O.CCOC(=O)CC(=O)OCC.I.N.N.N.O=C(CCCC(C(=O)O)C(=O)O)NO.O=C(CCCC(C(=O)O)C(=O)O)NO.O=C(CCCC(C(=O)O)C(=O)O)NO.O=C(O)CCCBr.O=[C-]C([C-]=O)CCCC(=O)NO.[CH2-][C@@H]1CCCC[C@H]1[NH-].[CH2-][C@@H]1CCCC[C@H]1[NH-].[I][Pt+2][I].[I][Pt].[NH2-].[O]=[Ag].[O]=[Ag].[Pt+2].[Pt]. The molecule has 4 atom stereocenters. The van der Waals surface area contributed by atoms with Crippen LogP contribution in [0.15, 0.2) is 0 Å². The van der Waals surface area contributed by atoms with Gasteiger partial charge in [0.25, 0.3) is 0 Å². The van der Waals surface area contributed by atoms with Crippen molar-refractivity contribution >= 4 is 223 Å². The summed E-state index contributed by atoms with van der Waals surface area (Å²) in [5.74, 6) is -20.8. The van der Waals surface area contributed by atoms with E-state index in [0.29, 0.717) is 55.1 Å². The summed E-state index contributed by atoms with van der Waals surface area (Å²) >= 11 is 16.0. The van der Waals surface area contributed by atoms with Crippen LogP contribution in [0.5, 0.6) is 0 Å². The predicted molar refractivity (Wildman–Crippen MR) is 480 cm³/mol. The number of carbonyl (C=O) groups is 19. The van der Waals surface area contributed by atoms with E-state index in [0.717, 1.165) is 24.6 Å². The van der Waals surface area contributed by atoms with Crippen molar-refractivity contribution in [2.45, 2.75) is 240 Å². The summed E-state index contributed by atoms with van der Waals surface area (Å²) in [5.41, 5.74) is 21.8. The monoisotopic (exact) mass is 3320 g/mol. The zero-order valence-corrected chi connectivity index (χ0v) is 94.8. The van der Waals surface area contributed by atoms with Gasteiger partial charge in [-0.05, 0) is 119 Å². The Hall–Kier alpha value is -3.14. The summed E-state index contributed by atoms with van der Waals surface area (Å²) in [4.78, 5) is 219. The smallest absolute Gasteiger partial charge is 0 e. The minimum Gasteiger partial charge on any atom is 0 e. The van der Waals surface area contributed by atoms with E-state index in [-0.39, 0.29) is 235 Å². The van der Waals surface area contributed by atoms with Crippen LogP contribution in [-0.2, 0) is 228 Å². The van der Waals surface area contributed by atoms with Crippen LogP contribution >= 0.6 is 98.0 Å². The average molecular weight is 3330 g/mol. The average Bonchev–Trinajstić information content (AvgIpc) is 0.975. The van der Waals surface area contributed by atoms with Crippen molar-refractivity contribution in [2.24, 2.45) is 47.3 Å². The molecule has 5 amide bonds. The third kappa shape index (κ3) is 131. The topological polar surface area (TPSA) is 920 Å². The maximum atomic E-state index is 11.0. The second kappa shape index (κ2) is 127. The van der Waals surface area contributed by atoms with Gasteiger partial charge < -0.3 is 110 Å². The largest absolute Gasteiger partial charge is 2.00 e. The Morgan fingerprint density at radius 3 is 0.763 bits per heavy atom. The number of ether oxygens (including phenoxy) is 2. The Kier molecular flexibility index (Phi) is 168. The van der Waals surface area contributed by atoms with E-state index >= 15 is 0 Å². The van der Waals surface area contributed by atoms with Gasteiger partial charge in [0.1, 0.15) is 29.6 Å². The minimum absolute atomic E-state index is 0. The number of carboxylic acids is 8. The molecule has 49 nitrogen and oxygen atoms in total. The molecule has 0 unspecified atom stereocenters. The molecule has 2 saturated carbocycles. The van der Waals surface area contributed by atoms with Gasteiger partial charge in [-0.25, -0.2) is 33.3 Å². The number of aliphatic carboxylic acids is 8. The summed E-state index contributed by atoms with van der Waals surface area (Å²) in [6, 6.07) is 0.285. The number of Topliss-reactive ketones (excluding diaryl/α,β-unsaturated/α-hetero) is 4. The van der Waals surface area contributed by atoms with Crippen molar-refractivity contribution < 1.29 is 295 Å². The van der Waals surface area contributed by atoms with E-state index in [4.69, 9.17) is 84.9 Å². The third-order valence-corrected chi connectivity index (χ3v) is 15.8. The van der Waals surface area contributed by atoms with Gasteiger partial charge in [0, 0.05) is 71.3 Å². The molecule has 0 radical (unpaired) electrons. The van der Waals surface area contributed by atoms with Gasteiger partial charge in [0.15, 0.2) is 17.8 Å². The number of esters is 2. The molecule has 2 aliphatic rings. The fourth-order valence-corrected chi connectivity index (χ4v) is 9.11. The fraction of sp³-hybridized carbons (Fsp3) is 0.676. The van der Waals surface area contributed by atoms with Crippen molar-refractivity contribution in [3.05, 3.63) is 31.5 Å². The van der Waals surface area contributed by atoms with Crippen molar-refractivity contribution in [1.29, 1.82) is 0 Å². The molecule has 0 heterocycles. The van der Waals surface area contributed by atoms with Gasteiger partial charge in [-0.3, -0.25) is 130 Å². The quantitative estimate of drug-likeness (QED) is 0.00394. The molecule has 795 valence electrons. The third-order valence-electron chi connectivity index (χ3n) is 15.3. The molecule has 0 aliphatic heterocycles. The standard InChI is InChI=1S/C9H15NO4.C9H14O4.3C7H11NO6.C7H9NO4.2C7H13N.C7H12O4.C4H7BrO2.2Ag.4HI.3H3N.H2N.2O.4Pt/c1-6(11)8(7(2)12)4-3-5-9(13)10-14;1-6(10)8(7(2)11)4-3-5-9(12)13;3*9-5(8-14)3-1-2-4(6(10)11)7(12)13;9-4-6(5-10)2-1-3-7(11)8-12;2*1-6-4-2-3-5-7(6)8;1-3-10-6(8)5-7(9)11-4-2;5-3-1-2-4(6)7;;;;;;;;;;;;;;;;/h8,14H,3-5H2,1-2H3,(H,10,13);8H,3-5H2,1-2H3,(H,12,13);3*4,14H,1-3H2,(H,8,9)(H,10,11)(H,12,13);6,12H,1-3H2,(H,8,11);2*6-8H,1-5H2;3-5H2,1-2H3;1-3H2,(H,6,7);;;4*1H;3*1H3;1H2;;;;;;/q;;;;;3*-2;;;;;;;;;;;;-1;;;;+1;+2;+4/p-3/t;;;;;;2*6-,7-;;;;;;;;;;;;;;;;;;/m......11................../s1. The van der Waals surface area contributed by atoms with E-state index in [1.54, 1.807) is 55.9 Å². The van der Waals surface area contributed by atoms with Crippen LogP contribution < -0.4 is 45.9 Å². The first-order valence-electron chi connectivity index (χ1n) is 36.5. The van der Waals surface area contributed by atoms with E-state index in [1.165, 1.54) is 106 Å². The first kappa shape index (κ1) is 174. The maximum absolute atomic E-state index is 11.0. The van der Waals surface area contributed by atoms with Crippen LogP contribution in [0, 0.1) is 61.2 Å². The van der Waals surface area contributed by atoms with Crippen LogP contribution in [0.4, 0.5) is 0 Å². The van der Waals surface area contributed by atoms with E-state index in [9.17, 15) is 101 Å². The normalized spacial score (nSPS) is 12.5. The number of rotatable bonds is 43. The number of ketones is 4. The van der Waals surface area contributed by atoms with Gasteiger partial charge >= 0.3 is 215 Å². The molecule has 0 spiro atoms. The molecule has 0 aromatic rings. The molecule has 0 bridgehead atoms. The molecule has 31 N–H and O–H groups in total. The van der Waals surface area contributed by atoms with E-state index < -0.39 is 125 Å². The molecule has 2 aliphatic carbocycles. The Balaban J connectivity index is -0.0000000619. The van der Waals surface area contributed by atoms with Crippen LogP contribution in [0.25, 0.3) is 17.6 Å². The summed E-state index contributed by atoms with van der Waals surface area (Å²) < 4.78 is 25.2. The maximum Gasteiger partial charge on any atom is 2.00 e. The second-order valence-electron chi connectivity index (χ2n) is 24.8. The van der Waals surface area contributed by atoms with Crippen LogP contribution in [-0.4, -0.2) is 222 Å². The second-order valence-corrected chi connectivity index (χ2v) is 42.2. The number of hydroxylamine groups is 5. The van der Waals surface area contributed by atoms with Gasteiger partial charge in [0.05, 0.1) is 25.0 Å². The molecular weight excluding hydrogens is 3200 g/mol. The fourth-order valence-electron chi connectivity index (χ4n) is 8.83. The zero-order valence-electron chi connectivity index (χ0n) is 72.3. The zero-order chi connectivity index (χ0) is 99.4. The van der Waals surface area contributed by atoms with Gasteiger partial charge in [-0.15, -0.1) is 24.0 Å². The number of alkyl halides is 1. The molecular formula is C71H128Ag2BrI4N11O38Pt4-3. The molecule has 60 heteroatoms. The Morgan fingerprint density at radius 2 is 0.618 bits per heavy atom. The van der Waals surface area contributed by atoms with Gasteiger partial charge in [-0.2, -0.15) is 23.9 Å². The Labute approximate surface area is 890 Å². The summed E-state index contributed by atoms with van der Waals surface area (Å²) in [6.45, 7) is 17.2. The van der Waals surface area contributed by atoms with Crippen molar-refractivity contribution in [3.8, 4) is 0 Å². The number of hydrogen-bond donors (Lipinski definition) is 21. The number of nitrogens with two attached hydrogens (primary N) is 1. The first-order chi connectivity index (χ1) is 58.1. The van der Waals surface area contributed by atoms with Gasteiger partial charge in [0.2, 0.25) is 29.5 Å². The molecule has 0 aromatic carbocycles. The number of nitrogens with one attached hydrogen (secondary N) is 7. The minimum atomic E-state index is -1.50. The predicted octanol–water partition coefficient (Wildman–Crippen LogP) is 10.2. The van der Waals surface area contributed by atoms with Crippen molar-refractivity contribution in [3.63, 3.8) is 0 Å². The Morgan fingerprint density at radius 1 is 0.427 bits per heavy atom. The van der Waals surface area contributed by atoms with Crippen molar-refractivity contribution in [2.75, 3.05) is 18.5 Å². The number of halogens is 5. The number of hydrogen-bond acceptors (Lipinski definition) is 33. The molecule has 2 fully saturated rings. The summed E-state index contributed by atoms with van der Waals surface area (Å²) in [6.07, 6.45) is 15.1. The molecule has 0 aromatic heterocycles. The summed E-state index contributed by atoms with van der Waals surface area (Å²) in [5, 5.41) is 108. The van der Waals surface area contributed by atoms with Crippen LogP contribution in [0.2, 0.25) is 0 Å². The molecule has 131 heavy (non-hydrogen) atoms. The van der Waals surface area contributed by atoms with Gasteiger partial charge in [-0.1, -0.05) is 73.7 Å². The number of carbonyl (C=O) groups excluding carboxylic acids is 13. The molecule has 2 rings (SSSR count). The van der Waals surface area contributed by atoms with Crippen molar-refractivity contribution in [1.82, 2.24) is 45.9 Å². The summed E-state index contributed by atoms with van der Waals surface area (Å²) in [7, 11) is 0. The number of carboxylic acid groups (broad SMARTS) is 8. The van der Waals surface area contributed by atoms with Crippen LogP contribution in [0.1, 0.15) is 228 Å². The van der Waals surface area contributed by atoms with E-state index in [2.05, 4.69) is 113 Å². The van der Waals surface area contributed by atoms with E-state index in [1.807, 2.05) is 0 Å².